The van der Waals surface area contributed by atoms with E-state index in [0.717, 1.165) is 53.2 Å². The molecule has 2 aromatic carbocycles. The van der Waals surface area contributed by atoms with E-state index < -0.39 is 17.6 Å². The molecule has 5 aliphatic carbocycles. The van der Waals surface area contributed by atoms with Crippen molar-refractivity contribution in [2.45, 2.75) is 106 Å². The molecule has 3 saturated carbocycles. The molecule has 0 saturated heterocycles. The Kier molecular flexibility index (Phi) is 8.11. The first kappa shape index (κ1) is 34.2. The maximum Gasteiger partial charge on any atom is 0.312 e. The van der Waals surface area contributed by atoms with Gasteiger partial charge in [-0.1, -0.05) is 114 Å². The van der Waals surface area contributed by atoms with Crippen molar-refractivity contribution in [2.24, 2.45) is 50.2 Å². The van der Waals surface area contributed by atoms with Crippen molar-refractivity contribution in [3.8, 4) is 0 Å². The molecule has 0 radical (unpaired) electrons. The monoisotopic (exact) mass is 760 g/mol. The molecule has 0 amide bonds. The molecule has 2 aromatic rings. The van der Waals surface area contributed by atoms with Crippen LogP contribution in [0.3, 0.4) is 0 Å². The van der Waals surface area contributed by atoms with Gasteiger partial charge < -0.3 is 9.84 Å². The van der Waals surface area contributed by atoms with Crippen LogP contribution in [0, 0.1) is 50.2 Å². The number of allylic oxidation sites excluding steroid dienone is 3. The van der Waals surface area contributed by atoms with E-state index >= 15 is 0 Å². The quantitative estimate of drug-likeness (QED) is 0.249. The molecule has 256 valence electrons. The lowest BCUT2D eigenvalue weighted by Gasteiger charge is -2.69. The smallest absolute Gasteiger partial charge is 0.312 e. The van der Waals surface area contributed by atoms with Gasteiger partial charge in [-0.05, 0) is 125 Å². The Hall–Kier alpha value is -2.25. The van der Waals surface area contributed by atoms with Crippen LogP contribution >= 0.6 is 22.6 Å². The summed E-state index contributed by atoms with van der Waals surface area (Å²) in [6, 6.07) is 20.1. The van der Waals surface area contributed by atoms with Crippen molar-refractivity contribution >= 4 is 34.3 Å². The molecule has 5 heteroatoms. The summed E-state index contributed by atoms with van der Waals surface area (Å²) in [4.78, 5) is 29.2. The first-order valence-corrected chi connectivity index (χ1v) is 19.2. The highest BCUT2D eigenvalue weighted by Crippen LogP contribution is 2.75. The summed E-state index contributed by atoms with van der Waals surface area (Å²) in [5.74, 6) is 0.329. The van der Waals surface area contributed by atoms with Crippen molar-refractivity contribution in [2.75, 3.05) is 0 Å². The Bertz CT molecular complexity index is 1640. The summed E-state index contributed by atoms with van der Waals surface area (Å²) in [5, 5.41) is 11.2. The third kappa shape index (κ3) is 4.82. The fourth-order valence-corrected chi connectivity index (χ4v) is 13.3. The third-order valence-electron chi connectivity index (χ3n) is 15.0. The number of benzene rings is 2. The number of rotatable bonds is 4. The van der Waals surface area contributed by atoms with Crippen LogP contribution in [0.4, 0.5) is 0 Å². The van der Waals surface area contributed by atoms with E-state index in [1.165, 1.54) is 5.57 Å². The zero-order chi connectivity index (χ0) is 34.5. The predicted molar refractivity (Wildman–Crippen MR) is 199 cm³/mol. The Morgan fingerprint density at radius 3 is 2.04 bits per heavy atom. The number of hydrogen-bond donors (Lipinski definition) is 1. The lowest BCUT2D eigenvalue weighted by molar-refractivity contribution is -0.177. The van der Waals surface area contributed by atoms with Gasteiger partial charge in [0.1, 0.15) is 0 Å². The molecular weight excluding hydrogens is 707 g/mol. The summed E-state index contributed by atoms with van der Waals surface area (Å²) in [6.45, 7) is 16.1. The molecule has 0 aliphatic heterocycles. The molecule has 0 spiro atoms. The number of aliphatic hydroxyl groups is 1. The van der Waals surface area contributed by atoms with E-state index in [4.69, 9.17) is 4.74 Å². The molecule has 1 N–H and O–H groups in total. The molecule has 5 aliphatic rings. The number of aliphatic hydroxyl groups excluding tert-OH is 1. The summed E-state index contributed by atoms with van der Waals surface area (Å²) in [6.07, 6.45) is 9.92. The largest absolute Gasteiger partial charge is 0.452 e. The maximum absolute atomic E-state index is 14.8. The average molecular weight is 761 g/mol. The van der Waals surface area contributed by atoms with Crippen molar-refractivity contribution in [3.05, 3.63) is 93.1 Å². The Morgan fingerprint density at radius 2 is 1.44 bits per heavy atom. The van der Waals surface area contributed by atoms with Crippen molar-refractivity contribution in [1.29, 1.82) is 0 Å². The van der Waals surface area contributed by atoms with Crippen LogP contribution in [0.1, 0.15) is 111 Å². The lowest BCUT2D eigenvalue weighted by atomic mass is 9.34. The minimum Gasteiger partial charge on any atom is -0.452 e. The minimum atomic E-state index is -0.655. The van der Waals surface area contributed by atoms with Crippen LogP contribution in [0.5, 0.6) is 0 Å². The van der Waals surface area contributed by atoms with Crippen LogP contribution in [0.15, 0.2) is 82.0 Å². The fourth-order valence-electron chi connectivity index (χ4n) is 11.8. The van der Waals surface area contributed by atoms with E-state index in [2.05, 4.69) is 83.2 Å². The van der Waals surface area contributed by atoms with Gasteiger partial charge in [0, 0.05) is 14.9 Å². The van der Waals surface area contributed by atoms with Gasteiger partial charge in [-0.15, -0.1) is 0 Å². The maximum atomic E-state index is 14.8. The van der Waals surface area contributed by atoms with Gasteiger partial charge in [0.15, 0.2) is 11.9 Å². The van der Waals surface area contributed by atoms with E-state index in [9.17, 15) is 14.7 Å². The van der Waals surface area contributed by atoms with E-state index in [1.54, 1.807) is 0 Å². The highest BCUT2D eigenvalue weighted by molar-refractivity contribution is 14.1. The highest BCUT2D eigenvalue weighted by Gasteiger charge is 2.70. The SMILES string of the molecule is CC1(C)[C@H](O)C(I)=C[C@]2(C)[C@H]3C(=O)C=C4[C@@H]5C[C@](C)(C(=O)OC(c6ccccc6)c6ccccc6)CC[C@]5(C)CC[C@@]4(C)[C@]3(C)CC[C@@H]12. The highest BCUT2D eigenvalue weighted by atomic mass is 127. The molecule has 0 unspecified atom stereocenters. The van der Waals surface area contributed by atoms with Crippen molar-refractivity contribution < 1.29 is 19.4 Å². The number of ether oxygens (including phenoxy) is 1. The van der Waals surface area contributed by atoms with Crippen molar-refractivity contribution in [1.82, 2.24) is 0 Å². The lowest BCUT2D eigenvalue weighted by Crippen LogP contribution is -2.66. The summed E-state index contributed by atoms with van der Waals surface area (Å²) < 4.78 is 7.49. The predicted octanol–water partition coefficient (Wildman–Crippen LogP) is 10.2. The van der Waals surface area contributed by atoms with Gasteiger partial charge in [0.2, 0.25) is 0 Å². The van der Waals surface area contributed by atoms with Crippen LogP contribution in [-0.2, 0) is 14.3 Å². The average Bonchev–Trinajstić information content (AvgIpc) is 3.05. The molecule has 0 heterocycles. The second kappa shape index (κ2) is 11.4. The first-order valence-electron chi connectivity index (χ1n) is 18.1. The van der Waals surface area contributed by atoms with Crippen molar-refractivity contribution in [3.63, 3.8) is 0 Å². The Labute approximate surface area is 301 Å². The Morgan fingerprint density at radius 1 is 0.854 bits per heavy atom. The van der Waals surface area contributed by atoms with Crippen LogP contribution in [0.2, 0.25) is 0 Å². The normalized spacial score (nSPS) is 41.6. The molecular formula is C43H53IO4. The van der Waals surface area contributed by atoms with Crippen LogP contribution < -0.4 is 0 Å². The van der Waals surface area contributed by atoms with Gasteiger partial charge in [0.05, 0.1) is 11.5 Å². The molecule has 0 bridgehead atoms. The molecule has 3 fully saturated rings. The van der Waals surface area contributed by atoms with E-state index in [0.29, 0.717) is 6.42 Å². The second-order valence-electron chi connectivity index (χ2n) is 18.0. The van der Waals surface area contributed by atoms with E-state index in [-0.39, 0.29) is 56.6 Å². The number of halogens is 1. The number of esters is 1. The number of carbonyl (C=O) groups is 2. The van der Waals surface area contributed by atoms with Gasteiger partial charge in [-0.2, -0.15) is 0 Å². The molecule has 48 heavy (non-hydrogen) atoms. The van der Waals surface area contributed by atoms with Gasteiger partial charge >= 0.3 is 5.97 Å². The molecule has 7 rings (SSSR count). The zero-order valence-electron chi connectivity index (χ0n) is 29.8. The Balaban J connectivity index is 1.25. The van der Waals surface area contributed by atoms with Crippen LogP contribution in [0.25, 0.3) is 0 Å². The number of fused-ring (bicyclic) bond motifs is 7. The standard InChI is InChI=1S/C43H53IO4/c1-38(2)33-18-19-43(7)35(41(33,5)26-31(44)36(38)46)32(45)24-29-30-25-40(4,21-20-39(30,3)22-23-42(29,43)6)37(47)48-34(27-14-10-8-11-15-27)28-16-12-9-13-17-28/h8-17,24,26,30,33-36,46H,18-23,25H2,1-7H3/t30-,33-,35+,36+,39+,40+,41-,42+,43+/m0/s1. The molecule has 9 atom stereocenters. The van der Waals surface area contributed by atoms with Gasteiger partial charge in [0.25, 0.3) is 0 Å². The number of carbonyl (C=O) groups excluding carboxylic acids is 2. The second-order valence-corrected chi connectivity index (χ2v) is 19.2. The van der Waals surface area contributed by atoms with Gasteiger partial charge in [-0.3, -0.25) is 9.59 Å². The van der Waals surface area contributed by atoms with Gasteiger partial charge in [-0.25, -0.2) is 0 Å². The number of ketones is 1. The molecule has 4 nitrogen and oxygen atoms in total. The summed E-state index contributed by atoms with van der Waals surface area (Å²) in [5.41, 5.74) is 1.61. The summed E-state index contributed by atoms with van der Waals surface area (Å²) >= 11 is 2.32. The zero-order valence-corrected chi connectivity index (χ0v) is 32.0. The minimum absolute atomic E-state index is 0.0419. The molecule has 0 aromatic heterocycles. The third-order valence-corrected chi connectivity index (χ3v) is 15.9. The summed E-state index contributed by atoms with van der Waals surface area (Å²) in [7, 11) is 0. The fraction of sp³-hybridized carbons (Fsp3) is 0.581. The number of hydrogen-bond acceptors (Lipinski definition) is 4. The van der Waals surface area contributed by atoms with E-state index in [1.807, 2.05) is 60.7 Å². The van der Waals surface area contributed by atoms with Crippen LogP contribution in [-0.4, -0.2) is 23.0 Å². The first-order chi connectivity index (χ1) is 22.5. The topological polar surface area (TPSA) is 63.6 Å².